The van der Waals surface area contributed by atoms with Crippen LogP contribution < -0.4 is 9.64 Å². The molecule has 0 atom stereocenters. The molecule has 0 saturated carbocycles. The zero-order valence-electron chi connectivity index (χ0n) is 16.2. The highest BCUT2D eigenvalue weighted by Crippen LogP contribution is 2.39. The Bertz CT molecular complexity index is 1130. The number of thiazole rings is 1. The van der Waals surface area contributed by atoms with Gasteiger partial charge in [0, 0.05) is 5.75 Å². The number of thioether (sulfide) groups is 1. The molecule has 0 N–H and O–H groups in total. The molecular formula is C22H19ClN2O3S2. The molecule has 0 unspecified atom stereocenters. The van der Waals surface area contributed by atoms with Crippen LogP contribution in [0.15, 0.2) is 65.3 Å². The van der Waals surface area contributed by atoms with E-state index >= 15 is 0 Å². The first-order valence-corrected chi connectivity index (χ1v) is 11.6. The van der Waals surface area contributed by atoms with Gasteiger partial charge in [0.15, 0.2) is 5.13 Å². The van der Waals surface area contributed by atoms with Gasteiger partial charge in [-0.1, -0.05) is 53.3 Å². The Morgan fingerprint density at radius 2 is 2.03 bits per heavy atom. The molecule has 1 amide bonds. The average molecular weight is 459 g/mol. The number of furan rings is 1. The Kier molecular flexibility index (Phi) is 6.62. The Hall–Kier alpha value is -2.48. The lowest BCUT2D eigenvalue weighted by Crippen LogP contribution is -2.31. The fourth-order valence-electron chi connectivity index (χ4n) is 2.95. The highest BCUT2D eigenvalue weighted by molar-refractivity contribution is 7.99. The summed E-state index contributed by atoms with van der Waals surface area (Å²) < 4.78 is 11.7. The standard InChI is InChI=1S/C22H19ClN2O3S2/c1-27-18-10-9-17(23)21-20(18)24-22(30-21)25(12-16-8-5-11-28-16)19(26)14-29-13-15-6-3-2-4-7-15/h2-11H,12-14H2,1H3. The van der Waals surface area contributed by atoms with Crippen molar-refractivity contribution in [3.8, 4) is 5.75 Å². The molecule has 2 heterocycles. The fraction of sp³-hybridized carbons (Fsp3) is 0.182. The van der Waals surface area contributed by atoms with Crippen molar-refractivity contribution in [1.29, 1.82) is 0 Å². The second-order valence-corrected chi connectivity index (χ2v) is 8.83. The summed E-state index contributed by atoms with van der Waals surface area (Å²) in [6, 6.07) is 17.3. The van der Waals surface area contributed by atoms with Crippen molar-refractivity contribution in [2.24, 2.45) is 0 Å². The molecule has 154 valence electrons. The third-order valence-electron chi connectivity index (χ3n) is 4.43. The molecule has 2 aromatic heterocycles. The molecule has 4 aromatic rings. The van der Waals surface area contributed by atoms with Crippen LogP contribution >= 0.6 is 34.7 Å². The lowest BCUT2D eigenvalue weighted by molar-refractivity contribution is -0.116. The molecule has 0 fully saturated rings. The SMILES string of the molecule is COc1ccc(Cl)c2sc(N(Cc3ccco3)C(=O)CSCc3ccccc3)nc12. The minimum Gasteiger partial charge on any atom is -0.494 e. The number of aromatic nitrogens is 1. The molecule has 0 saturated heterocycles. The van der Waals surface area contributed by atoms with Crippen molar-refractivity contribution in [1.82, 2.24) is 4.98 Å². The number of rotatable bonds is 8. The largest absolute Gasteiger partial charge is 0.494 e. The van der Waals surface area contributed by atoms with Crippen LogP contribution in [0, 0.1) is 0 Å². The Morgan fingerprint density at radius 3 is 2.77 bits per heavy atom. The van der Waals surface area contributed by atoms with Crippen molar-refractivity contribution in [2.75, 3.05) is 17.8 Å². The lowest BCUT2D eigenvalue weighted by Gasteiger charge is -2.18. The Morgan fingerprint density at radius 1 is 1.20 bits per heavy atom. The van der Waals surface area contributed by atoms with Gasteiger partial charge in [-0.2, -0.15) is 0 Å². The predicted molar refractivity (Wildman–Crippen MR) is 124 cm³/mol. The molecule has 0 aliphatic rings. The van der Waals surface area contributed by atoms with Gasteiger partial charge in [-0.25, -0.2) is 4.98 Å². The number of ether oxygens (including phenoxy) is 1. The highest BCUT2D eigenvalue weighted by Gasteiger charge is 2.23. The van der Waals surface area contributed by atoms with Crippen molar-refractivity contribution in [3.63, 3.8) is 0 Å². The van der Waals surface area contributed by atoms with E-state index in [2.05, 4.69) is 17.1 Å². The molecule has 0 aliphatic carbocycles. The summed E-state index contributed by atoms with van der Waals surface area (Å²) in [7, 11) is 1.59. The molecule has 0 bridgehead atoms. The molecule has 0 aliphatic heterocycles. The molecule has 0 radical (unpaired) electrons. The first kappa shape index (κ1) is 20.8. The van der Waals surface area contributed by atoms with Gasteiger partial charge in [0.25, 0.3) is 0 Å². The van der Waals surface area contributed by atoms with Crippen LogP contribution in [0.3, 0.4) is 0 Å². The zero-order chi connectivity index (χ0) is 20.9. The number of hydrogen-bond acceptors (Lipinski definition) is 6. The van der Waals surface area contributed by atoms with Crippen LogP contribution in [0.4, 0.5) is 5.13 Å². The van der Waals surface area contributed by atoms with Crippen molar-refractivity contribution < 1.29 is 13.9 Å². The number of hydrogen-bond donors (Lipinski definition) is 0. The first-order valence-electron chi connectivity index (χ1n) is 9.23. The van der Waals surface area contributed by atoms with Gasteiger partial charge in [0.05, 0.1) is 35.4 Å². The molecule has 8 heteroatoms. The number of carbonyl (C=O) groups is 1. The van der Waals surface area contributed by atoms with E-state index in [-0.39, 0.29) is 5.91 Å². The summed E-state index contributed by atoms with van der Waals surface area (Å²) in [6.45, 7) is 0.303. The van der Waals surface area contributed by atoms with Crippen LogP contribution in [0.1, 0.15) is 11.3 Å². The number of methoxy groups -OCH3 is 1. The number of halogens is 1. The average Bonchev–Trinajstić information content (AvgIpc) is 3.43. The van der Waals surface area contributed by atoms with Crippen molar-refractivity contribution >= 4 is 56.0 Å². The van der Waals surface area contributed by atoms with Crippen LogP contribution in [-0.4, -0.2) is 23.8 Å². The van der Waals surface area contributed by atoms with Gasteiger partial charge < -0.3 is 9.15 Å². The van der Waals surface area contributed by atoms with E-state index in [1.807, 2.05) is 24.3 Å². The lowest BCUT2D eigenvalue weighted by atomic mass is 10.2. The second kappa shape index (κ2) is 9.55. The van der Waals surface area contributed by atoms with Crippen LogP contribution in [0.5, 0.6) is 5.75 Å². The summed E-state index contributed by atoms with van der Waals surface area (Å²) in [4.78, 5) is 19.5. The summed E-state index contributed by atoms with van der Waals surface area (Å²) in [5.41, 5.74) is 1.84. The summed E-state index contributed by atoms with van der Waals surface area (Å²) >= 11 is 9.31. The monoisotopic (exact) mass is 458 g/mol. The maximum atomic E-state index is 13.1. The van der Waals surface area contributed by atoms with Crippen LogP contribution in [0.2, 0.25) is 5.02 Å². The molecule has 4 rings (SSSR count). The zero-order valence-corrected chi connectivity index (χ0v) is 18.6. The summed E-state index contributed by atoms with van der Waals surface area (Å²) in [5, 5.41) is 1.15. The van der Waals surface area contributed by atoms with Gasteiger partial charge in [-0.05, 0) is 29.8 Å². The van der Waals surface area contributed by atoms with E-state index < -0.39 is 0 Å². The minimum absolute atomic E-state index is 0.0403. The molecule has 30 heavy (non-hydrogen) atoms. The number of benzene rings is 2. The van der Waals surface area contributed by atoms with Gasteiger partial charge >= 0.3 is 0 Å². The van der Waals surface area contributed by atoms with E-state index in [1.54, 1.807) is 48.2 Å². The maximum Gasteiger partial charge on any atom is 0.239 e. The quantitative estimate of drug-likeness (QED) is 0.323. The number of amides is 1. The second-order valence-electron chi connectivity index (χ2n) is 6.46. The number of fused-ring (bicyclic) bond motifs is 1. The number of anilines is 1. The molecular weight excluding hydrogens is 440 g/mol. The number of nitrogens with zero attached hydrogens (tertiary/aromatic N) is 2. The van der Waals surface area contributed by atoms with E-state index in [0.29, 0.717) is 39.5 Å². The third-order valence-corrected chi connectivity index (χ3v) is 6.96. The fourth-order valence-corrected chi connectivity index (χ4v) is 5.08. The van der Waals surface area contributed by atoms with E-state index in [0.717, 1.165) is 10.5 Å². The van der Waals surface area contributed by atoms with Gasteiger partial charge in [0.2, 0.25) is 5.91 Å². The first-order chi connectivity index (χ1) is 14.7. The topological polar surface area (TPSA) is 55.6 Å². The van der Waals surface area contributed by atoms with Crippen LogP contribution in [0.25, 0.3) is 10.2 Å². The molecule has 0 spiro atoms. The normalized spacial score (nSPS) is 11.0. The van der Waals surface area contributed by atoms with Crippen LogP contribution in [-0.2, 0) is 17.1 Å². The Balaban J connectivity index is 1.59. The molecule has 2 aromatic carbocycles. The van der Waals surface area contributed by atoms with E-state index in [9.17, 15) is 4.79 Å². The van der Waals surface area contributed by atoms with Gasteiger partial charge in [0.1, 0.15) is 17.0 Å². The predicted octanol–water partition coefficient (Wildman–Crippen LogP) is 6.02. The van der Waals surface area contributed by atoms with Gasteiger partial charge in [-0.3, -0.25) is 9.69 Å². The maximum absolute atomic E-state index is 13.1. The van der Waals surface area contributed by atoms with Crippen molar-refractivity contribution in [2.45, 2.75) is 12.3 Å². The van der Waals surface area contributed by atoms with Crippen molar-refractivity contribution in [3.05, 3.63) is 77.2 Å². The van der Waals surface area contributed by atoms with E-state index in [1.165, 1.54) is 16.9 Å². The highest BCUT2D eigenvalue weighted by atomic mass is 35.5. The number of carbonyl (C=O) groups excluding carboxylic acids is 1. The van der Waals surface area contributed by atoms with Gasteiger partial charge in [-0.15, -0.1) is 11.8 Å². The van der Waals surface area contributed by atoms with E-state index in [4.69, 9.17) is 20.8 Å². The minimum atomic E-state index is -0.0403. The summed E-state index contributed by atoms with van der Waals surface area (Å²) in [6.07, 6.45) is 1.60. The smallest absolute Gasteiger partial charge is 0.239 e. The Labute approximate surface area is 187 Å². The summed E-state index contributed by atoms with van der Waals surface area (Å²) in [5.74, 6) is 2.37. The molecule has 5 nitrogen and oxygen atoms in total. The third kappa shape index (κ3) is 4.64.